The van der Waals surface area contributed by atoms with Gasteiger partial charge in [0.15, 0.2) is 0 Å². The highest BCUT2D eigenvalue weighted by Crippen LogP contribution is 2.25. The van der Waals surface area contributed by atoms with Gasteiger partial charge in [-0.15, -0.1) is 0 Å². The molecular formula is C15H26N2O4. The van der Waals surface area contributed by atoms with Crippen LogP contribution < -0.4 is 5.32 Å². The summed E-state index contributed by atoms with van der Waals surface area (Å²) in [4.78, 5) is 36.9. The number of hydrogen-bond acceptors (Lipinski definition) is 3. The lowest BCUT2D eigenvalue weighted by Crippen LogP contribution is -2.49. The van der Waals surface area contributed by atoms with Gasteiger partial charge in [0.1, 0.15) is 6.04 Å². The van der Waals surface area contributed by atoms with Crippen LogP contribution in [-0.2, 0) is 14.4 Å². The van der Waals surface area contributed by atoms with Crippen LogP contribution in [-0.4, -0.2) is 46.9 Å². The molecule has 21 heavy (non-hydrogen) atoms. The molecule has 0 radical (unpaired) electrons. The number of rotatable bonds is 5. The van der Waals surface area contributed by atoms with Crippen LogP contribution in [0.3, 0.4) is 0 Å². The summed E-state index contributed by atoms with van der Waals surface area (Å²) in [5.74, 6) is -1.54. The largest absolute Gasteiger partial charge is 0.481 e. The molecule has 0 aromatic rings. The topological polar surface area (TPSA) is 86.7 Å². The zero-order chi connectivity index (χ0) is 16.2. The molecule has 120 valence electrons. The van der Waals surface area contributed by atoms with E-state index in [9.17, 15) is 14.4 Å². The minimum absolute atomic E-state index is 0.0148. The standard InChI is InChI=1S/C15H26N2O4/c1-10(13(19)20)7-8-16-12(18)11-6-5-9-17(11)14(21)15(2,3)4/h10-11H,5-9H2,1-4H3,(H,16,18)(H,19,20). The van der Waals surface area contributed by atoms with Crippen molar-refractivity contribution in [3.05, 3.63) is 0 Å². The molecule has 1 saturated heterocycles. The number of likely N-dealkylation sites (tertiary alicyclic amines) is 1. The number of carboxylic acids is 1. The predicted molar refractivity (Wildman–Crippen MR) is 78.6 cm³/mol. The Hall–Kier alpha value is -1.59. The van der Waals surface area contributed by atoms with Gasteiger partial charge < -0.3 is 15.3 Å². The third-order valence-corrected chi connectivity index (χ3v) is 3.76. The smallest absolute Gasteiger partial charge is 0.306 e. The van der Waals surface area contributed by atoms with Gasteiger partial charge in [0, 0.05) is 18.5 Å². The predicted octanol–water partition coefficient (Wildman–Crippen LogP) is 1.25. The Morgan fingerprint density at radius 3 is 2.48 bits per heavy atom. The third kappa shape index (κ3) is 4.72. The summed E-state index contributed by atoms with van der Waals surface area (Å²) in [6.45, 7) is 8.07. The molecular weight excluding hydrogens is 272 g/mol. The van der Waals surface area contributed by atoms with Crippen LogP contribution in [0.1, 0.15) is 47.0 Å². The van der Waals surface area contributed by atoms with E-state index in [-0.39, 0.29) is 11.8 Å². The first-order chi connectivity index (χ1) is 9.64. The highest BCUT2D eigenvalue weighted by molar-refractivity contribution is 5.90. The molecule has 6 nitrogen and oxygen atoms in total. The van der Waals surface area contributed by atoms with Crippen molar-refractivity contribution in [3.8, 4) is 0 Å². The number of carbonyl (C=O) groups excluding carboxylic acids is 2. The first-order valence-electron chi connectivity index (χ1n) is 7.46. The quantitative estimate of drug-likeness (QED) is 0.799. The molecule has 0 aromatic carbocycles. The van der Waals surface area contributed by atoms with Crippen molar-refractivity contribution in [3.63, 3.8) is 0 Å². The van der Waals surface area contributed by atoms with Crippen LogP contribution in [0.2, 0.25) is 0 Å². The van der Waals surface area contributed by atoms with Crippen LogP contribution in [0.5, 0.6) is 0 Å². The summed E-state index contributed by atoms with van der Waals surface area (Å²) in [7, 11) is 0. The maximum Gasteiger partial charge on any atom is 0.306 e. The SMILES string of the molecule is CC(CCNC(=O)C1CCCN1C(=O)C(C)(C)C)C(=O)O. The van der Waals surface area contributed by atoms with Crippen molar-refractivity contribution in [1.82, 2.24) is 10.2 Å². The van der Waals surface area contributed by atoms with Gasteiger partial charge >= 0.3 is 5.97 Å². The summed E-state index contributed by atoms with van der Waals surface area (Å²) in [6.07, 6.45) is 1.88. The fourth-order valence-electron chi connectivity index (χ4n) is 2.37. The zero-order valence-electron chi connectivity index (χ0n) is 13.3. The molecule has 2 amide bonds. The molecule has 0 bridgehead atoms. The molecule has 2 N–H and O–H groups in total. The Balaban J connectivity index is 2.53. The lowest BCUT2D eigenvalue weighted by atomic mass is 9.94. The average molecular weight is 298 g/mol. The molecule has 1 heterocycles. The molecule has 1 rings (SSSR count). The Morgan fingerprint density at radius 2 is 1.95 bits per heavy atom. The number of carbonyl (C=O) groups is 3. The number of hydrogen-bond donors (Lipinski definition) is 2. The second-order valence-electron chi connectivity index (χ2n) is 6.73. The number of carboxylic acid groups (broad SMARTS) is 1. The Kier molecular flexibility index (Phi) is 5.75. The number of aliphatic carboxylic acids is 1. The molecule has 2 unspecified atom stereocenters. The van der Waals surface area contributed by atoms with Crippen molar-refractivity contribution in [1.29, 1.82) is 0 Å². The van der Waals surface area contributed by atoms with Crippen molar-refractivity contribution in [2.45, 2.75) is 53.0 Å². The summed E-state index contributed by atoms with van der Waals surface area (Å²) >= 11 is 0. The minimum atomic E-state index is -0.866. The molecule has 1 aliphatic rings. The molecule has 0 aliphatic carbocycles. The molecule has 0 saturated carbocycles. The lowest BCUT2D eigenvalue weighted by Gasteiger charge is -2.30. The second kappa shape index (κ2) is 6.91. The lowest BCUT2D eigenvalue weighted by molar-refractivity contribution is -0.144. The number of amides is 2. The third-order valence-electron chi connectivity index (χ3n) is 3.76. The van der Waals surface area contributed by atoms with Gasteiger partial charge in [-0.2, -0.15) is 0 Å². The van der Waals surface area contributed by atoms with Crippen LogP contribution in [0, 0.1) is 11.3 Å². The zero-order valence-corrected chi connectivity index (χ0v) is 13.3. The van der Waals surface area contributed by atoms with Gasteiger partial charge in [-0.1, -0.05) is 27.7 Å². The molecule has 2 atom stereocenters. The molecule has 1 fully saturated rings. The van der Waals surface area contributed by atoms with Crippen LogP contribution in [0.4, 0.5) is 0 Å². The van der Waals surface area contributed by atoms with Crippen molar-refractivity contribution in [2.24, 2.45) is 11.3 Å². The van der Waals surface area contributed by atoms with Crippen molar-refractivity contribution in [2.75, 3.05) is 13.1 Å². The van der Waals surface area contributed by atoms with Crippen LogP contribution in [0.25, 0.3) is 0 Å². The van der Waals surface area contributed by atoms with Crippen LogP contribution in [0.15, 0.2) is 0 Å². The Labute approximate surface area is 125 Å². The van der Waals surface area contributed by atoms with Gasteiger partial charge in [0.2, 0.25) is 11.8 Å². The van der Waals surface area contributed by atoms with Crippen LogP contribution >= 0.6 is 0 Å². The Bertz CT molecular complexity index is 414. The van der Waals surface area contributed by atoms with Gasteiger partial charge in [0.25, 0.3) is 0 Å². The fraction of sp³-hybridized carbons (Fsp3) is 0.800. The monoisotopic (exact) mass is 298 g/mol. The van der Waals surface area contributed by atoms with E-state index < -0.39 is 23.3 Å². The van der Waals surface area contributed by atoms with Gasteiger partial charge in [0.05, 0.1) is 5.92 Å². The average Bonchev–Trinajstić information content (AvgIpc) is 2.85. The van der Waals surface area contributed by atoms with E-state index in [2.05, 4.69) is 5.32 Å². The van der Waals surface area contributed by atoms with E-state index in [0.29, 0.717) is 25.9 Å². The normalized spacial score (nSPS) is 20.2. The van der Waals surface area contributed by atoms with E-state index >= 15 is 0 Å². The van der Waals surface area contributed by atoms with E-state index in [0.717, 1.165) is 6.42 Å². The summed E-state index contributed by atoms with van der Waals surface area (Å²) in [6, 6.07) is -0.420. The number of nitrogens with zero attached hydrogens (tertiary/aromatic N) is 1. The molecule has 6 heteroatoms. The highest BCUT2D eigenvalue weighted by atomic mass is 16.4. The first-order valence-corrected chi connectivity index (χ1v) is 7.46. The fourth-order valence-corrected chi connectivity index (χ4v) is 2.37. The molecule has 0 aromatic heterocycles. The van der Waals surface area contributed by atoms with E-state index in [1.165, 1.54) is 0 Å². The van der Waals surface area contributed by atoms with Crippen molar-refractivity contribution >= 4 is 17.8 Å². The number of nitrogens with one attached hydrogen (secondary N) is 1. The highest BCUT2D eigenvalue weighted by Gasteiger charge is 2.38. The second-order valence-corrected chi connectivity index (χ2v) is 6.73. The Morgan fingerprint density at radius 1 is 1.33 bits per heavy atom. The van der Waals surface area contributed by atoms with Gasteiger partial charge in [-0.05, 0) is 19.3 Å². The summed E-state index contributed by atoms with van der Waals surface area (Å²) < 4.78 is 0. The summed E-state index contributed by atoms with van der Waals surface area (Å²) in [5, 5.41) is 11.5. The van der Waals surface area contributed by atoms with Gasteiger partial charge in [-0.3, -0.25) is 14.4 Å². The van der Waals surface area contributed by atoms with Crippen molar-refractivity contribution < 1.29 is 19.5 Å². The van der Waals surface area contributed by atoms with E-state index in [1.54, 1.807) is 11.8 Å². The van der Waals surface area contributed by atoms with E-state index in [4.69, 9.17) is 5.11 Å². The molecule has 1 aliphatic heterocycles. The van der Waals surface area contributed by atoms with E-state index in [1.807, 2.05) is 20.8 Å². The minimum Gasteiger partial charge on any atom is -0.481 e. The van der Waals surface area contributed by atoms with Gasteiger partial charge in [-0.25, -0.2) is 0 Å². The summed E-state index contributed by atoms with van der Waals surface area (Å²) in [5.41, 5.74) is -0.499. The maximum absolute atomic E-state index is 12.3. The maximum atomic E-state index is 12.3. The first kappa shape index (κ1) is 17.5. The molecule has 0 spiro atoms.